The summed E-state index contributed by atoms with van der Waals surface area (Å²) in [5, 5.41) is 2.79. The van der Waals surface area contributed by atoms with Crippen LogP contribution in [0.25, 0.3) is 0 Å². The summed E-state index contributed by atoms with van der Waals surface area (Å²) in [6.45, 7) is 8.84. The number of carbonyl (C=O) groups excluding carboxylic acids is 1. The topological polar surface area (TPSA) is 75.7 Å². The van der Waals surface area contributed by atoms with Crippen molar-refractivity contribution in [1.82, 2.24) is 4.31 Å². The van der Waals surface area contributed by atoms with Crippen LogP contribution in [0.3, 0.4) is 0 Å². The molecule has 1 atom stereocenters. The fourth-order valence-corrected chi connectivity index (χ4v) is 4.88. The number of sulfonamides is 1. The van der Waals surface area contributed by atoms with Crippen molar-refractivity contribution in [2.75, 3.05) is 18.4 Å². The van der Waals surface area contributed by atoms with Gasteiger partial charge in [-0.1, -0.05) is 19.1 Å². The smallest absolute Gasteiger partial charge is 0.265 e. The minimum Gasteiger partial charge on any atom is -0.481 e. The van der Waals surface area contributed by atoms with Crippen LogP contribution in [-0.4, -0.2) is 37.8 Å². The molecule has 1 aliphatic rings. The molecule has 0 saturated carbocycles. The molecule has 0 radical (unpaired) electrons. The fraction of sp³-hybridized carbons (Fsp3) is 0.435. The van der Waals surface area contributed by atoms with Gasteiger partial charge in [0.2, 0.25) is 10.0 Å². The summed E-state index contributed by atoms with van der Waals surface area (Å²) in [4.78, 5) is 12.8. The van der Waals surface area contributed by atoms with Crippen LogP contribution in [0, 0.1) is 19.8 Å². The highest BCUT2D eigenvalue weighted by atomic mass is 32.2. The van der Waals surface area contributed by atoms with Gasteiger partial charge >= 0.3 is 0 Å². The maximum absolute atomic E-state index is 12.8. The van der Waals surface area contributed by atoms with Crippen molar-refractivity contribution in [3.8, 4) is 5.75 Å². The van der Waals surface area contributed by atoms with Crippen LogP contribution in [0.1, 0.15) is 37.8 Å². The summed E-state index contributed by atoms with van der Waals surface area (Å²) >= 11 is 0. The Morgan fingerprint density at radius 1 is 1.10 bits per heavy atom. The Hall–Kier alpha value is -2.38. The number of nitrogens with zero attached hydrogens (tertiary/aromatic N) is 1. The van der Waals surface area contributed by atoms with Crippen LogP contribution in [-0.2, 0) is 14.8 Å². The van der Waals surface area contributed by atoms with Crippen molar-refractivity contribution >= 4 is 21.6 Å². The molecule has 1 fully saturated rings. The summed E-state index contributed by atoms with van der Waals surface area (Å²) < 4.78 is 33.0. The SMILES string of the molecule is Cc1ccc(C)c(OC(C)C(=O)Nc2ccc(S(=O)(=O)N3CCC(C)CC3)cc2)c1. The molecule has 1 heterocycles. The third-order valence-corrected chi connectivity index (χ3v) is 7.43. The molecule has 1 unspecified atom stereocenters. The van der Waals surface area contributed by atoms with Crippen molar-refractivity contribution in [3.63, 3.8) is 0 Å². The molecule has 1 aliphatic heterocycles. The molecule has 1 saturated heterocycles. The van der Waals surface area contributed by atoms with Crippen molar-refractivity contribution in [3.05, 3.63) is 53.6 Å². The normalized spacial score (nSPS) is 16.8. The number of hydrogen-bond donors (Lipinski definition) is 1. The number of benzene rings is 2. The van der Waals surface area contributed by atoms with Crippen LogP contribution in [0.5, 0.6) is 5.75 Å². The first kappa shape index (κ1) is 22.3. The van der Waals surface area contributed by atoms with Gasteiger partial charge in [-0.2, -0.15) is 4.31 Å². The lowest BCUT2D eigenvalue weighted by atomic mass is 10.0. The van der Waals surface area contributed by atoms with Gasteiger partial charge in [0.05, 0.1) is 4.90 Å². The minimum atomic E-state index is -3.50. The standard InChI is InChI=1S/C23H30N2O4S/c1-16-11-13-25(14-12-16)30(27,28)21-9-7-20(8-10-21)24-23(26)19(4)29-22-15-17(2)5-6-18(22)3/h5-10,15-16,19H,11-14H2,1-4H3,(H,24,26). The Morgan fingerprint density at radius 2 is 1.73 bits per heavy atom. The van der Waals surface area contributed by atoms with E-state index < -0.39 is 16.1 Å². The van der Waals surface area contributed by atoms with Crippen LogP contribution in [0.15, 0.2) is 47.4 Å². The van der Waals surface area contributed by atoms with Gasteiger partial charge in [-0.05, 0) is 81.0 Å². The first-order chi connectivity index (χ1) is 14.2. The number of aryl methyl sites for hydroxylation is 2. The predicted molar refractivity (Wildman–Crippen MR) is 118 cm³/mol. The van der Waals surface area contributed by atoms with Crippen molar-refractivity contribution in [1.29, 1.82) is 0 Å². The van der Waals surface area contributed by atoms with Gasteiger partial charge in [0.15, 0.2) is 6.10 Å². The summed E-state index contributed by atoms with van der Waals surface area (Å²) in [6, 6.07) is 12.2. The monoisotopic (exact) mass is 430 g/mol. The van der Waals surface area contributed by atoms with E-state index in [0.29, 0.717) is 30.4 Å². The van der Waals surface area contributed by atoms with E-state index >= 15 is 0 Å². The molecule has 0 aromatic heterocycles. The lowest BCUT2D eigenvalue weighted by Crippen LogP contribution is -2.37. The molecule has 6 nitrogen and oxygen atoms in total. The Balaban J connectivity index is 1.63. The minimum absolute atomic E-state index is 0.245. The average Bonchev–Trinajstić information content (AvgIpc) is 2.71. The van der Waals surface area contributed by atoms with Gasteiger partial charge in [0.1, 0.15) is 5.75 Å². The highest BCUT2D eigenvalue weighted by Gasteiger charge is 2.28. The number of anilines is 1. The predicted octanol–water partition coefficient (Wildman–Crippen LogP) is 4.13. The molecule has 2 aromatic rings. The second kappa shape index (κ2) is 9.18. The van der Waals surface area contributed by atoms with Crippen molar-refractivity contribution in [2.24, 2.45) is 5.92 Å². The number of ether oxygens (including phenoxy) is 1. The summed E-state index contributed by atoms with van der Waals surface area (Å²) in [5.74, 6) is 0.938. The number of amides is 1. The highest BCUT2D eigenvalue weighted by Crippen LogP contribution is 2.25. The maximum Gasteiger partial charge on any atom is 0.265 e. The molecule has 1 amide bonds. The second-order valence-corrected chi connectivity index (χ2v) is 10.1. The van der Waals surface area contributed by atoms with Crippen LogP contribution in [0.2, 0.25) is 0 Å². The Kier molecular flexibility index (Phi) is 6.83. The first-order valence-electron chi connectivity index (χ1n) is 10.3. The molecule has 7 heteroatoms. The average molecular weight is 431 g/mol. The van der Waals surface area contributed by atoms with E-state index in [1.807, 2.05) is 32.0 Å². The van der Waals surface area contributed by atoms with Gasteiger partial charge in [-0.25, -0.2) is 8.42 Å². The molecule has 3 rings (SSSR count). The zero-order chi connectivity index (χ0) is 21.9. The number of nitrogens with one attached hydrogen (secondary N) is 1. The first-order valence-corrected chi connectivity index (χ1v) is 11.8. The zero-order valence-electron chi connectivity index (χ0n) is 18.0. The number of rotatable bonds is 6. The Bertz CT molecular complexity index is 994. The molecule has 0 spiro atoms. The van der Waals surface area contributed by atoms with Crippen LogP contribution >= 0.6 is 0 Å². The zero-order valence-corrected chi connectivity index (χ0v) is 18.8. The van der Waals surface area contributed by atoms with E-state index in [1.165, 1.54) is 0 Å². The quantitative estimate of drug-likeness (QED) is 0.748. The van der Waals surface area contributed by atoms with E-state index in [2.05, 4.69) is 12.2 Å². The fourth-order valence-electron chi connectivity index (χ4n) is 3.41. The number of hydrogen-bond acceptors (Lipinski definition) is 4. The molecule has 30 heavy (non-hydrogen) atoms. The van der Waals surface area contributed by atoms with Gasteiger partial charge in [-0.15, -0.1) is 0 Å². The third kappa shape index (κ3) is 5.21. The molecule has 2 aromatic carbocycles. The lowest BCUT2D eigenvalue weighted by Gasteiger charge is -2.29. The molecule has 0 bridgehead atoms. The molecular formula is C23H30N2O4S. The molecule has 0 aliphatic carbocycles. The Morgan fingerprint density at radius 3 is 2.37 bits per heavy atom. The van der Waals surface area contributed by atoms with E-state index in [9.17, 15) is 13.2 Å². The Labute approximate surface area is 179 Å². The summed E-state index contributed by atoms with van der Waals surface area (Å²) in [5.41, 5.74) is 2.55. The van der Waals surface area contributed by atoms with Gasteiger partial charge in [0.25, 0.3) is 5.91 Å². The van der Waals surface area contributed by atoms with Crippen LogP contribution < -0.4 is 10.1 Å². The van der Waals surface area contributed by atoms with E-state index in [4.69, 9.17) is 4.74 Å². The van der Waals surface area contributed by atoms with Crippen molar-refractivity contribution in [2.45, 2.75) is 51.5 Å². The molecule has 162 valence electrons. The van der Waals surface area contributed by atoms with E-state index in [0.717, 1.165) is 24.0 Å². The summed E-state index contributed by atoms with van der Waals surface area (Å²) in [7, 11) is -3.50. The van der Waals surface area contributed by atoms with Crippen LogP contribution in [0.4, 0.5) is 5.69 Å². The maximum atomic E-state index is 12.8. The largest absolute Gasteiger partial charge is 0.481 e. The van der Waals surface area contributed by atoms with E-state index in [-0.39, 0.29) is 10.8 Å². The molecular weight excluding hydrogens is 400 g/mol. The number of carbonyl (C=O) groups is 1. The molecule has 1 N–H and O–H groups in total. The third-order valence-electron chi connectivity index (χ3n) is 5.52. The van der Waals surface area contributed by atoms with Gasteiger partial charge in [-0.3, -0.25) is 4.79 Å². The highest BCUT2D eigenvalue weighted by molar-refractivity contribution is 7.89. The van der Waals surface area contributed by atoms with Gasteiger partial charge in [0, 0.05) is 18.8 Å². The number of piperidine rings is 1. The van der Waals surface area contributed by atoms with E-state index in [1.54, 1.807) is 35.5 Å². The lowest BCUT2D eigenvalue weighted by molar-refractivity contribution is -0.122. The van der Waals surface area contributed by atoms with Crippen molar-refractivity contribution < 1.29 is 17.9 Å². The summed E-state index contributed by atoms with van der Waals surface area (Å²) in [6.07, 6.45) is 1.07. The second-order valence-electron chi connectivity index (χ2n) is 8.13. The van der Waals surface area contributed by atoms with Gasteiger partial charge < -0.3 is 10.1 Å².